The molecule has 36 heavy (non-hydrogen) atoms. The number of carbonyl (C=O) groups is 1. The maximum Gasteiger partial charge on any atom is 0.264 e. The molecular weight excluding hydrogens is 480 g/mol. The van der Waals surface area contributed by atoms with Gasteiger partial charge in [0.05, 0.1) is 30.9 Å². The van der Waals surface area contributed by atoms with Gasteiger partial charge in [-0.25, -0.2) is 8.42 Å². The van der Waals surface area contributed by atoms with Crippen molar-refractivity contribution in [2.75, 3.05) is 25.1 Å². The van der Waals surface area contributed by atoms with Crippen molar-refractivity contribution in [3.05, 3.63) is 77.9 Å². The number of aryl methyl sites for hydroxylation is 1. The summed E-state index contributed by atoms with van der Waals surface area (Å²) < 4.78 is 44.5. The molecule has 0 fully saturated rings. The molecule has 0 saturated carbocycles. The number of sulfonamides is 1. The Bertz CT molecular complexity index is 1270. The van der Waals surface area contributed by atoms with Crippen molar-refractivity contribution in [3.8, 4) is 17.2 Å². The minimum atomic E-state index is -4.05. The van der Waals surface area contributed by atoms with E-state index in [0.717, 1.165) is 21.2 Å². The molecule has 0 aliphatic rings. The second-order valence-corrected chi connectivity index (χ2v) is 10.3. The molecule has 1 amide bonds. The van der Waals surface area contributed by atoms with E-state index in [4.69, 9.17) is 14.2 Å². The van der Waals surface area contributed by atoms with Crippen molar-refractivity contribution in [3.63, 3.8) is 0 Å². The molecule has 0 aromatic heterocycles. The molecule has 0 saturated heterocycles. The van der Waals surface area contributed by atoms with Crippen molar-refractivity contribution in [1.29, 1.82) is 0 Å². The van der Waals surface area contributed by atoms with Crippen LogP contribution >= 0.6 is 0 Å². The number of methoxy groups -OCH3 is 2. The number of benzene rings is 3. The third-order valence-corrected chi connectivity index (χ3v) is 7.12. The first-order valence-electron chi connectivity index (χ1n) is 11.5. The van der Waals surface area contributed by atoms with Crippen LogP contribution in [0.4, 0.5) is 5.69 Å². The van der Waals surface area contributed by atoms with E-state index >= 15 is 0 Å². The fourth-order valence-corrected chi connectivity index (χ4v) is 4.89. The van der Waals surface area contributed by atoms with Gasteiger partial charge in [0, 0.05) is 12.6 Å². The quantitative estimate of drug-likeness (QED) is 0.412. The summed E-state index contributed by atoms with van der Waals surface area (Å²) in [6, 6.07) is 18.6. The summed E-state index contributed by atoms with van der Waals surface area (Å²) in [6.07, 6.45) is 0.0635. The van der Waals surface area contributed by atoms with Crippen LogP contribution in [-0.4, -0.2) is 41.2 Å². The highest BCUT2D eigenvalue weighted by Gasteiger charge is 2.28. The van der Waals surface area contributed by atoms with Crippen LogP contribution < -0.4 is 23.8 Å². The van der Waals surface area contributed by atoms with Gasteiger partial charge in [-0.3, -0.25) is 9.10 Å². The molecule has 0 spiro atoms. The van der Waals surface area contributed by atoms with Crippen molar-refractivity contribution in [1.82, 2.24) is 5.32 Å². The number of nitrogens with zero attached hydrogens (tertiary/aromatic N) is 1. The Labute approximate surface area is 212 Å². The number of hydrogen-bond donors (Lipinski definition) is 1. The van der Waals surface area contributed by atoms with Crippen molar-refractivity contribution >= 4 is 21.6 Å². The van der Waals surface area contributed by atoms with Crippen LogP contribution in [0, 0.1) is 6.92 Å². The van der Waals surface area contributed by atoms with Crippen LogP contribution in [0.5, 0.6) is 17.2 Å². The van der Waals surface area contributed by atoms with Gasteiger partial charge >= 0.3 is 0 Å². The topological polar surface area (TPSA) is 94.2 Å². The number of nitrogens with one attached hydrogen (secondary N) is 1. The number of rotatable bonds is 11. The Balaban J connectivity index is 1.84. The second-order valence-electron chi connectivity index (χ2n) is 8.45. The minimum Gasteiger partial charge on any atom is -0.493 e. The van der Waals surface area contributed by atoms with Gasteiger partial charge < -0.3 is 19.5 Å². The molecule has 192 valence electrons. The molecule has 0 heterocycles. The van der Waals surface area contributed by atoms with Gasteiger partial charge in [0.2, 0.25) is 5.91 Å². The molecule has 8 nitrogen and oxygen atoms in total. The molecule has 9 heteroatoms. The van der Waals surface area contributed by atoms with Crippen LogP contribution in [0.25, 0.3) is 0 Å². The SMILES string of the molecule is COc1ccc(N(CC(=O)NCc2ccc(OC(C)C)cc2)S(=O)(=O)c2ccc(C)cc2)cc1OC. The summed E-state index contributed by atoms with van der Waals surface area (Å²) >= 11 is 0. The van der Waals surface area contributed by atoms with Gasteiger partial charge in [0.1, 0.15) is 12.3 Å². The fraction of sp³-hybridized carbons (Fsp3) is 0.296. The molecule has 0 radical (unpaired) electrons. The maximum atomic E-state index is 13.6. The first kappa shape index (κ1) is 26.9. The van der Waals surface area contributed by atoms with Gasteiger partial charge in [-0.1, -0.05) is 29.8 Å². The lowest BCUT2D eigenvalue weighted by Gasteiger charge is -2.25. The zero-order valence-corrected chi connectivity index (χ0v) is 22.0. The van der Waals surface area contributed by atoms with Crippen LogP contribution in [0.15, 0.2) is 71.6 Å². The third kappa shape index (κ3) is 6.69. The van der Waals surface area contributed by atoms with Crippen LogP contribution in [-0.2, 0) is 21.4 Å². The average molecular weight is 513 g/mol. The monoisotopic (exact) mass is 512 g/mol. The van der Waals surface area contributed by atoms with Crippen molar-refractivity contribution in [2.24, 2.45) is 0 Å². The lowest BCUT2D eigenvalue weighted by atomic mass is 10.2. The Morgan fingerprint density at radius 2 is 1.56 bits per heavy atom. The average Bonchev–Trinajstić information content (AvgIpc) is 2.86. The second kappa shape index (κ2) is 11.8. The largest absolute Gasteiger partial charge is 0.493 e. The third-order valence-electron chi connectivity index (χ3n) is 5.34. The molecule has 0 unspecified atom stereocenters. The lowest BCUT2D eigenvalue weighted by Crippen LogP contribution is -2.40. The first-order chi connectivity index (χ1) is 17.1. The zero-order valence-electron chi connectivity index (χ0n) is 21.1. The molecule has 0 atom stereocenters. The predicted octanol–water partition coefficient (Wildman–Crippen LogP) is 4.31. The highest BCUT2D eigenvalue weighted by atomic mass is 32.2. The van der Waals surface area contributed by atoms with E-state index in [2.05, 4.69) is 5.32 Å². The van der Waals surface area contributed by atoms with E-state index in [1.807, 2.05) is 45.0 Å². The number of carbonyl (C=O) groups excluding carboxylic acids is 1. The summed E-state index contributed by atoms with van der Waals surface area (Å²) in [5.41, 5.74) is 2.06. The first-order valence-corrected chi connectivity index (χ1v) is 12.9. The molecule has 1 N–H and O–H groups in total. The molecular formula is C27H32N2O6S. The predicted molar refractivity (Wildman–Crippen MR) is 139 cm³/mol. The Morgan fingerprint density at radius 1 is 0.917 bits per heavy atom. The summed E-state index contributed by atoms with van der Waals surface area (Å²) in [7, 11) is -1.09. The Kier molecular flexibility index (Phi) is 8.82. The molecule has 3 aromatic rings. The number of amides is 1. The van der Waals surface area contributed by atoms with Crippen LogP contribution in [0.1, 0.15) is 25.0 Å². The molecule has 3 aromatic carbocycles. The summed E-state index contributed by atoms with van der Waals surface area (Å²) in [6.45, 7) is 5.59. The molecule has 0 aliphatic heterocycles. The standard InChI is InChI=1S/C27H32N2O6S/c1-19(2)35-23-11-8-21(9-12-23)17-28-27(30)18-29(22-10-15-25(33-4)26(16-22)34-5)36(31,32)24-13-6-20(3)7-14-24/h6-16,19H,17-18H2,1-5H3,(H,28,30). The summed E-state index contributed by atoms with van der Waals surface area (Å²) in [5, 5.41) is 2.80. The van der Waals surface area contributed by atoms with E-state index in [-0.39, 0.29) is 23.2 Å². The fourth-order valence-electron chi connectivity index (χ4n) is 3.48. The van der Waals surface area contributed by atoms with Gasteiger partial charge in [-0.05, 0) is 62.7 Å². The number of hydrogen-bond acceptors (Lipinski definition) is 6. The number of anilines is 1. The van der Waals surface area contributed by atoms with E-state index < -0.39 is 22.5 Å². The molecule has 0 aliphatic carbocycles. The normalized spacial score (nSPS) is 11.2. The smallest absolute Gasteiger partial charge is 0.264 e. The highest BCUT2D eigenvalue weighted by Crippen LogP contribution is 2.33. The highest BCUT2D eigenvalue weighted by molar-refractivity contribution is 7.92. The molecule has 3 rings (SSSR count). The van der Waals surface area contributed by atoms with Crippen LogP contribution in [0.3, 0.4) is 0 Å². The summed E-state index contributed by atoms with van der Waals surface area (Å²) in [5.74, 6) is 1.08. The van der Waals surface area contributed by atoms with Gasteiger partial charge in [-0.2, -0.15) is 0 Å². The van der Waals surface area contributed by atoms with E-state index in [1.54, 1.807) is 24.3 Å². The zero-order chi connectivity index (χ0) is 26.3. The molecule has 0 bridgehead atoms. The van der Waals surface area contributed by atoms with E-state index in [9.17, 15) is 13.2 Å². The van der Waals surface area contributed by atoms with Gasteiger partial charge in [0.25, 0.3) is 10.0 Å². The Hall–Kier alpha value is -3.72. The minimum absolute atomic E-state index is 0.0635. The van der Waals surface area contributed by atoms with Crippen molar-refractivity contribution < 1.29 is 27.4 Å². The van der Waals surface area contributed by atoms with Gasteiger partial charge in [-0.15, -0.1) is 0 Å². The van der Waals surface area contributed by atoms with Gasteiger partial charge in [0.15, 0.2) is 11.5 Å². The lowest BCUT2D eigenvalue weighted by molar-refractivity contribution is -0.119. The van der Waals surface area contributed by atoms with Crippen molar-refractivity contribution in [2.45, 2.75) is 38.3 Å². The van der Waals surface area contributed by atoms with E-state index in [1.165, 1.54) is 32.4 Å². The summed E-state index contributed by atoms with van der Waals surface area (Å²) in [4.78, 5) is 13.0. The number of ether oxygens (including phenoxy) is 3. The maximum absolute atomic E-state index is 13.6. The van der Waals surface area contributed by atoms with Crippen LogP contribution in [0.2, 0.25) is 0 Å². The Morgan fingerprint density at radius 3 is 2.14 bits per heavy atom. The van der Waals surface area contributed by atoms with E-state index in [0.29, 0.717) is 11.5 Å².